The van der Waals surface area contributed by atoms with E-state index in [9.17, 15) is 29.7 Å². The summed E-state index contributed by atoms with van der Waals surface area (Å²) in [4.78, 5) is 42.3. The van der Waals surface area contributed by atoms with E-state index in [1.807, 2.05) is 0 Å². The van der Waals surface area contributed by atoms with Gasteiger partial charge >= 0.3 is 6.09 Å². The highest BCUT2D eigenvalue weighted by Gasteiger charge is 2.37. The molecule has 2 atom stereocenters. The van der Waals surface area contributed by atoms with Crippen LogP contribution in [0.5, 0.6) is 11.5 Å². The van der Waals surface area contributed by atoms with Crippen LogP contribution in [0.2, 0.25) is 5.02 Å². The third-order valence-corrected chi connectivity index (χ3v) is 6.87. The van der Waals surface area contributed by atoms with Crippen LogP contribution >= 0.6 is 11.6 Å². The number of halogens is 1. The summed E-state index contributed by atoms with van der Waals surface area (Å²) < 4.78 is 5.41. The van der Waals surface area contributed by atoms with Crippen LogP contribution in [-0.2, 0) is 20.7 Å². The summed E-state index contributed by atoms with van der Waals surface area (Å²) >= 11 is 6.39. The highest BCUT2D eigenvalue weighted by Crippen LogP contribution is 2.31. The number of phenolic OH excluding ortho intramolecular Hbond substituents is 2. The van der Waals surface area contributed by atoms with Gasteiger partial charge in [-0.15, -0.1) is 0 Å². The van der Waals surface area contributed by atoms with Gasteiger partial charge in [0, 0.05) is 13.0 Å². The van der Waals surface area contributed by atoms with Crippen molar-refractivity contribution in [1.82, 2.24) is 10.2 Å². The second-order valence-electron chi connectivity index (χ2n) is 11.2. The molecule has 230 valence electrons. The molecular formula is C32H38ClN3O7. The number of alkyl carbamates (subject to hydrolysis) is 1. The molecule has 0 aromatic heterocycles. The number of benzene rings is 3. The van der Waals surface area contributed by atoms with E-state index in [0.29, 0.717) is 33.0 Å². The number of para-hydroxylation sites is 1. The van der Waals surface area contributed by atoms with Gasteiger partial charge in [0.2, 0.25) is 5.91 Å². The Labute approximate surface area is 256 Å². The fraction of sp³-hybridized carbons (Fsp3) is 0.344. The van der Waals surface area contributed by atoms with Gasteiger partial charge in [0.25, 0.3) is 5.91 Å². The maximum atomic E-state index is 14.3. The summed E-state index contributed by atoms with van der Waals surface area (Å²) in [6.45, 7) is 7.73. The summed E-state index contributed by atoms with van der Waals surface area (Å²) in [5, 5.41) is 35.7. The topological polar surface area (TPSA) is 148 Å². The van der Waals surface area contributed by atoms with Crippen molar-refractivity contribution in [1.29, 1.82) is 0 Å². The average molecular weight is 612 g/mol. The van der Waals surface area contributed by atoms with Gasteiger partial charge in [0.1, 0.15) is 29.2 Å². The molecule has 0 aliphatic heterocycles. The number of rotatable bonds is 10. The normalized spacial score (nSPS) is 12.6. The highest BCUT2D eigenvalue weighted by molar-refractivity contribution is 6.34. The van der Waals surface area contributed by atoms with E-state index < -0.39 is 42.2 Å². The molecule has 11 heteroatoms. The molecule has 0 radical (unpaired) electrons. The zero-order valence-electron chi connectivity index (χ0n) is 24.8. The van der Waals surface area contributed by atoms with E-state index in [2.05, 4.69) is 10.6 Å². The number of nitrogens with one attached hydrogen (secondary N) is 2. The molecule has 3 amide bonds. The minimum Gasteiger partial charge on any atom is -0.508 e. The number of carbonyl (C=O) groups is 3. The zero-order valence-corrected chi connectivity index (χ0v) is 25.6. The molecular weight excluding hydrogens is 574 g/mol. The number of aliphatic hydroxyl groups is 1. The Kier molecular flexibility index (Phi) is 11.0. The molecule has 0 fully saturated rings. The largest absolute Gasteiger partial charge is 0.508 e. The number of aliphatic hydroxyl groups excluding tert-OH is 1. The third kappa shape index (κ3) is 9.10. The first-order valence-corrected chi connectivity index (χ1v) is 14.1. The van der Waals surface area contributed by atoms with E-state index in [4.69, 9.17) is 16.3 Å². The number of aromatic hydroxyl groups is 2. The Morgan fingerprint density at radius 3 is 2.23 bits per heavy atom. The Bertz CT molecular complexity index is 1430. The lowest BCUT2D eigenvalue weighted by Crippen LogP contribution is -2.54. The number of hydrogen-bond acceptors (Lipinski definition) is 7. The number of anilines is 1. The predicted molar refractivity (Wildman–Crippen MR) is 164 cm³/mol. The zero-order chi connectivity index (χ0) is 31.9. The fourth-order valence-electron chi connectivity index (χ4n) is 4.50. The molecule has 43 heavy (non-hydrogen) atoms. The molecule has 0 spiro atoms. The SMILES string of the molecule is Cc1cc(C(C(=O)Nc2c(C)cccc2Cl)N(CCO)C(=O)C(Cc2ccc(O)cc2)NC(=O)OC(C)(C)C)ccc1O. The van der Waals surface area contributed by atoms with Crippen LogP contribution in [0.4, 0.5) is 10.5 Å². The molecule has 2 unspecified atom stereocenters. The summed E-state index contributed by atoms with van der Waals surface area (Å²) in [6, 6.07) is 13.3. The second-order valence-corrected chi connectivity index (χ2v) is 11.6. The maximum Gasteiger partial charge on any atom is 0.408 e. The Morgan fingerprint density at radius 2 is 1.65 bits per heavy atom. The van der Waals surface area contributed by atoms with Gasteiger partial charge in [-0.2, -0.15) is 0 Å². The van der Waals surface area contributed by atoms with Gasteiger partial charge in [-0.25, -0.2) is 4.79 Å². The van der Waals surface area contributed by atoms with Crippen molar-refractivity contribution >= 4 is 35.2 Å². The van der Waals surface area contributed by atoms with Gasteiger partial charge in [-0.05, 0) is 87.2 Å². The minimum absolute atomic E-state index is 0.00157. The Hall–Kier alpha value is -4.28. The molecule has 3 rings (SSSR count). The average Bonchev–Trinajstić information content (AvgIpc) is 2.92. The van der Waals surface area contributed by atoms with Crippen LogP contribution in [0.3, 0.4) is 0 Å². The number of amides is 3. The first-order chi connectivity index (χ1) is 20.2. The van der Waals surface area contributed by atoms with Crippen LogP contribution in [-0.4, -0.2) is 62.9 Å². The van der Waals surface area contributed by atoms with E-state index >= 15 is 0 Å². The summed E-state index contributed by atoms with van der Waals surface area (Å²) in [7, 11) is 0. The molecule has 5 N–H and O–H groups in total. The van der Waals surface area contributed by atoms with Crippen LogP contribution in [0, 0.1) is 13.8 Å². The molecule has 0 aliphatic carbocycles. The molecule has 3 aromatic carbocycles. The van der Waals surface area contributed by atoms with E-state index in [1.165, 1.54) is 29.2 Å². The van der Waals surface area contributed by atoms with E-state index in [0.717, 1.165) is 0 Å². The van der Waals surface area contributed by atoms with Crippen molar-refractivity contribution in [3.8, 4) is 11.5 Å². The van der Waals surface area contributed by atoms with Gasteiger partial charge in [0.05, 0.1) is 17.3 Å². The molecule has 0 saturated carbocycles. The van der Waals surface area contributed by atoms with E-state index in [-0.39, 0.29) is 24.5 Å². The molecule has 0 bridgehead atoms. The van der Waals surface area contributed by atoms with Crippen LogP contribution in [0.1, 0.15) is 49.1 Å². The second kappa shape index (κ2) is 14.3. The minimum atomic E-state index is -1.29. The van der Waals surface area contributed by atoms with E-state index in [1.54, 1.807) is 71.0 Å². The predicted octanol–water partition coefficient (Wildman–Crippen LogP) is 5.00. The first kappa shape index (κ1) is 33.2. The summed E-state index contributed by atoms with van der Waals surface area (Å²) in [5.74, 6) is -1.26. The van der Waals surface area contributed by atoms with Crippen molar-refractivity contribution in [3.63, 3.8) is 0 Å². The molecule has 0 saturated heterocycles. The van der Waals surface area contributed by atoms with Crippen molar-refractivity contribution < 1.29 is 34.4 Å². The molecule has 3 aromatic rings. The van der Waals surface area contributed by atoms with Crippen LogP contribution in [0.15, 0.2) is 60.7 Å². The van der Waals surface area contributed by atoms with Gasteiger partial charge in [-0.3, -0.25) is 9.59 Å². The standard InChI is InChI=1S/C32H38ClN3O7/c1-19-7-6-8-24(33)27(19)35-29(40)28(22-11-14-26(39)20(2)17-22)36(15-16-37)30(41)25(34-31(42)43-32(3,4)5)18-21-9-12-23(38)13-10-21/h6-14,17,25,28,37-39H,15-16,18H2,1-5H3,(H,34,42)(H,35,40). The molecule has 10 nitrogen and oxygen atoms in total. The van der Waals surface area contributed by atoms with Crippen molar-refractivity contribution in [2.75, 3.05) is 18.5 Å². The number of aryl methyl sites for hydroxylation is 2. The highest BCUT2D eigenvalue weighted by atomic mass is 35.5. The molecule has 0 heterocycles. The first-order valence-electron chi connectivity index (χ1n) is 13.7. The van der Waals surface area contributed by atoms with Crippen molar-refractivity contribution in [3.05, 3.63) is 87.9 Å². The van der Waals surface area contributed by atoms with Crippen LogP contribution in [0.25, 0.3) is 0 Å². The van der Waals surface area contributed by atoms with Gasteiger partial charge < -0.3 is 35.6 Å². The fourth-order valence-corrected chi connectivity index (χ4v) is 4.76. The monoisotopic (exact) mass is 611 g/mol. The summed E-state index contributed by atoms with van der Waals surface area (Å²) in [6.07, 6.45) is -0.853. The maximum absolute atomic E-state index is 14.3. The van der Waals surface area contributed by atoms with Gasteiger partial charge in [-0.1, -0.05) is 41.9 Å². The molecule has 0 aliphatic rings. The lowest BCUT2D eigenvalue weighted by atomic mass is 9.98. The lowest BCUT2D eigenvalue weighted by Gasteiger charge is -2.34. The Balaban J connectivity index is 2.09. The third-order valence-electron chi connectivity index (χ3n) is 6.56. The number of phenols is 2. The number of carbonyl (C=O) groups excluding carboxylic acids is 3. The van der Waals surface area contributed by atoms with Crippen LogP contribution < -0.4 is 10.6 Å². The quantitative estimate of drug-likeness (QED) is 0.216. The Morgan fingerprint density at radius 1 is 0.977 bits per heavy atom. The number of ether oxygens (including phenoxy) is 1. The number of nitrogens with zero attached hydrogens (tertiary/aromatic N) is 1. The summed E-state index contributed by atoms with van der Waals surface area (Å²) in [5.41, 5.74) is 1.65. The van der Waals surface area contributed by atoms with Crippen molar-refractivity contribution in [2.45, 2.75) is 58.7 Å². The van der Waals surface area contributed by atoms with Gasteiger partial charge in [0.15, 0.2) is 0 Å². The van der Waals surface area contributed by atoms with Crippen molar-refractivity contribution in [2.24, 2.45) is 0 Å². The smallest absolute Gasteiger partial charge is 0.408 e. The number of hydrogen-bond donors (Lipinski definition) is 5. The lowest BCUT2D eigenvalue weighted by molar-refractivity contribution is -0.141.